The third-order valence-electron chi connectivity index (χ3n) is 12.7. The number of allylic oxidation sites excluding steroid dienone is 8. The summed E-state index contributed by atoms with van der Waals surface area (Å²) in [6.07, 6.45) is 12.5. The van der Waals surface area contributed by atoms with E-state index in [1.165, 1.54) is 12.1 Å². The minimum atomic E-state index is -5.13. The topological polar surface area (TPSA) is 315 Å². The predicted molar refractivity (Wildman–Crippen MR) is 244 cm³/mol. The molecule has 1 saturated heterocycles. The van der Waals surface area contributed by atoms with E-state index in [0.717, 1.165) is 18.2 Å². The maximum Gasteiger partial charge on any atom is 1.00 e. The van der Waals surface area contributed by atoms with Gasteiger partial charge in [0.1, 0.15) is 38.2 Å². The van der Waals surface area contributed by atoms with E-state index in [-0.39, 0.29) is 314 Å². The molecule has 0 amide bonds. The largest absolute Gasteiger partial charge is 1.00 e. The van der Waals surface area contributed by atoms with Gasteiger partial charge in [-0.1, -0.05) is 30.4 Å². The molecular formula is C43H42K5N2O18S6+. The van der Waals surface area contributed by atoms with Gasteiger partial charge in [0.2, 0.25) is 5.69 Å². The SMILES string of the molecule is CC1(C)C(/C=C/C=C/C=C/C=C2\C(C)(C)c3c(ccc4cc(S(=O)(=O)[O-])cc(SOO[O-])c34)[N+]23CCCC3S(=O)(=O)[O-])=[N+](CCCCS(=O)(=O)[O-])c2ccc3cc(SOO[O-])cc(S(=O)(=O)[O-])c3c21.[K+].[K+].[K+].[K+].[K+]. The van der Waals surface area contributed by atoms with Crippen LogP contribution in [0.1, 0.15) is 64.5 Å². The van der Waals surface area contributed by atoms with Crippen molar-refractivity contribution in [1.82, 2.24) is 4.48 Å². The van der Waals surface area contributed by atoms with E-state index < -0.39 is 72.2 Å². The number of fused-ring (bicyclic) bond motifs is 7. The van der Waals surface area contributed by atoms with Gasteiger partial charge in [0, 0.05) is 74.9 Å². The summed E-state index contributed by atoms with van der Waals surface area (Å²) < 4.78 is 159. The van der Waals surface area contributed by atoms with Crippen LogP contribution in [-0.2, 0) is 70.0 Å². The first-order valence-electron chi connectivity index (χ1n) is 20.7. The van der Waals surface area contributed by atoms with Crippen LogP contribution in [0.25, 0.3) is 21.5 Å². The fourth-order valence-corrected chi connectivity index (χ4v) is 14.5. The fraction of sp³-hybridized carbons (Fsp3) is 0.326. The molecule has 0 N–H and O–H groups in total. The summed E-state index contributed by atoms with van der Waals surface area (Å²) in [5.74, 6) is -0.602. The van der Waals surface area contributed by atoms with Gasteiger partial charge in [-0.25, -0.2) is 38.2 Å². The van der Waals surface area contributed by atoms with E-state index in [0.29, 0.717) is 75.2 Å². The van der Waals surface area contributed by atoms with Gasteiger partial charge in [0.05, 0.1) is 61.4 Å². The minimum Gasteiger partial charge on any atom is -0.748 e. The van der Waals surface area contributed by atoms with Crippen molar-refractivity contribution in [2.75, 3.05) is 18.8 Å². The average Bonchev–Trinajstić information content (AvgIpc) is 3.85. The molecule has 4 aromatic rings. The van der Waals surface area contributed by atoms with Gasteiger partial charge in [-0.3, -0.25) is 10.1 Å². The smallest absolute Gasteiger partial charge is 0.748 e. The van der Waals surface area contributed by atoms with Crippen LogP contribution in [0.5, 0.6) is 0 Å². The van der Waals surface area contributed by atoms with Crippen molar-refractivity contribution in [3.63, 3.8) is 0 Å². The molecule has 3 heterocycles. The molecule has 74 heavy (non-hydrogen) atoms. The number of unbranched alkanes of at least 4 members (excludes halogenated alkanes) is 1. The zero-order valence-electron chi connectivity index (χ0n) is 41.9. The van der Waals surface area contributed by atoms with Crippen LogP contribution in [0.2, 0.25) is 0 Å². The van der Waals surface area contributed by atoms with Crippen LogP contribution in [0.15, 0.2) is 116 Å². The van der Waals surface area contributed by atoms with Crippen LogP contribution < -0.4 is 272 Å². The van der Waals surface area contributed by atoms with Crippen LogP contribution in [0, 0.1) is 0 Å². The number of benzene rings is 4. The molecule has 372 valence electrons. The zero-order chi connectivity index (χ0) is 50.5. The molecule has 2 atom stereocenters. The summed E-state index contributed by atoms with van der Waals surface area (Å²) in [4.78, 5) is -1.07. The molecule has 4 aromatic carbocycles. The normalized spacial score (nSPS) is 19.7. The van der Waals surface area contributed by atoms with E-state index in [2.05, 4.69) is 18.7 Å². The van der Waals surface area contributed by atoms with Crippen molar-refractivity contribution in [3.8, 4) is 0 Å². The van der Waals surface area contributed by atoms with E-state index in [9.17, 15) is 62.4 Å². The van der Waals surface area contributed by atoms with E-state index in [1.54, 1.807) is 74.6 Å². The van der Waals surface area contributed by atoms with E-state index in [4.69, 9.17) is 0 Å². The molecule has 0 aliphatic carbocycles. The van der Waals surface area contributed by atoms with Crippen molar-refractivity contribution in [2.45, 2.75) is 89.2 Å². The maximum absolute atomic E-state index is 13.1. The molecule has 1 spiro atoms. The first-order chi connectivity index (χ1) is 32.2. The molecule has 0 saturated carbocycles. The van der Waals surface area contributed by atoms with Gasteiger partial charge in [0.15, 0.2) is 21.2 Å². The van der Waals surface area contributed by atoms with Gasteiger partial charge < -0.3 is 28.7 Å². The molecule has 7 rings (SSSR count). The first kappa shape index (κ1) is 74.4. The van der Waals surface area contributed by atoms with E-state index >= 15 is 0 Å². The Bertz CT molecular complexity index is 3390. The van der Waals surface area contributed by atoms with Crippen LogP contribution in [-0.4, -0.2) is 86.4 Å². The molecule has 20 nitrogen and oxygen atoms in total. The number of quaternary nitrogens is 1. The van der Waals surface area contributed by atoms with Gasteiger partial charge >= 0.3 is 257 Å². The van der Waals surface area contributed by atoms with Crippen molar-refractivity contribution in [1.29, 1.82) is 0 Å². The molecule has 1 fully saturated rings. The van der Waals surface area contributed by atoms with E-state index in [1.807, 2.05) is 18.4 Å². The maximum atomic E-state index is 13.1. The van der Waals surface area contributed by atoms with Crippen molar-refractivity contribution >= 4 is 103 Å². The molecule has 3 aliphatic rings. The number of hydrogen-bond donors (Lipinski definition) is 0. The molecule has 31 heteroatoms. The molecule has 0 bridgehead atoms. The van der Waals surface area contributed by atoms with Gasteiger partial charge in [-0.05, 0) is 87.4 Å². The predicted octanol–water partition coefficient (Wildman–Crippen LogP) is -10.5. The standard InChI is InChI=1S/C43H46N2O18S6.5K/c1-42(2)35(44(20-10-11-22-66(48,49)50)31-18-16-27-23-29(64-62-60-46)25-34(68(54,55)56)39(27)40(31)42)13-8-6-5-7-9-14-36-43(3,4)41-32(45(36)21-12-15-37(45)69(57,58)59)19-17-28-24-30(67(51,52)53)26-33(38(28)41)65-63-61-47;;;;;/h5-9,13-14,16-19,23-26,37H,10-12,15,20-22H2,1-4H3,(H4-2,46,47,48,49,50,51,52,53,54,55,56,57,58,59);;;;;/q;5*+1/p-4/b6-5+,9-7+,13-8+,36-14+;;;;;. The zero-order valence-corrected chi connectivity index (χ0v) is 62.4. The number of hydrogen-bond acceptors (Lipinski definition) is 20. The van der Waals surface area contributed by atoms with Gasteiger partial charge in [-0.15, -0.1) is 0 Å². The Morgan fingerprint density at radius 2 is 1.31 bits per heavy atom. The first-order valence-corrected chi connectivity index (χ1v) is 28.1. The summed E-state index contributed by atoms with van der Waals surface area (Å²) in [5.41, 5.74) is 1.00. The number of rotatable bonds is 18. The Morgan fingerprint density at radius 3 is 1.92 bits per heavy atom. The Hall–Kier alpha value is 4.27. The quantitative estimate of drug-likeness (QED) is 0.0103. The summed E-state index contributed by atoms with van der Waals surface area (Å²) in [5, 5.41) is 28.0. The Labute approximate surface area is 651 Å². The van der Waals surface area contributed by atoms with Crippen molar-refractivity contribution in [2.24, 2.45) is 0 Å². The van der Waals surface area contributed by atoms with Crippen LogP contribution in [0.4, 0.5) is 11.4 Å². The Morgan fingerprint density at radius 1 is 0.703 bits per heavy atom. The third-order valence-corrected chi connectivity index (χ3v) is 17.6. The van der Waals surface area contributed by atoms with Crippen molar-refractivity contribution in [3.05, 3.63) is 108 Å². The summed E-state index contributed by atoms with van der Waals surface area (Å²) >= 11 is 0.775. The second-order valence-electron chi connectivity index (χ2n) is 17.4. The van der Waals surface area contributed by atoms with Gasteiger partial charge in [-0.2, -0.15) is 13.2 Å². The number of nitrogens with zero attached hydrogens (tertiary/aromatic N) is 2. The molecule has 0 aromatic heterocycles. The summed E-state index contributed by atoms with van der Waals surface area (Å²) in [6.45, 7) is 7.65. The fourth-order valence-electron chi connectivity index (χ4n) is 10.2. The molecule has 3 aliphatic heterocycles. The Balaban J connectivity index is 0.00000375. The molecular weight excluding hydrogens is 1220 g/mol. The molecule has 0 radical (unpaired) electrons. The molecule has 2 unspecified atom stereocenters. The second-order valence-corrected chi connectivity index (χ2v) is 24.7. The monoisotopic (exact) mass is 1260 g/mol. The second kappa shape index (κ2) is 30.1. The Kier molecular flexibility index (Phi) is 30.2. The van der Waals surface area contributed by atoms with Gasteiger partial charge in [0.25, 0.3) is 0 Å². The summed E-state index contributed by atoms with van der Waals surface area (Å²) in [7, 11) is -19.6. The average molecular weight is 1260 g/mol. The minimum absolute atomic E-state index is 0. The van der Waals surface area contributed by atoms with Crippen molar-refractivity contribution < 1.29 is 343 Å². The third kappa shape index (κ3) is 16.2. The van der Waals surface area contributed by atoms with Crippen LogP contribution >= 0.6 is 24.1 Å². The van der Waals surface area contributed by atoms with Crippen LogP contribution in [0.3, 0.4) is 0 Å². The summed E-state index contributed by atoms with van der Waals surface area (Å²) in [6, 6.07) is 11.2.